The third-order valence-electron chi connectivity index (χ3n) is 8.64. The molecule has 1 amide bonds. The summed E-state index contributed by atoms with van der Waals surface area (Å²) in [6, 6.07) is 17.7. The van der Waals surface area contributed by atoms with E-state index in [9.17, 15) is 13.2 Å². The number of carbonyl (C=O) groups is 1. The molecule has 11 nitrogen and oxygen atoms in total. The largest absolute Gasteiger partial charge is 0.382 e. The molecule has 2 fully saturated rings. The fourth-order valence-corrected chi connectivity index (χ4v) is 7.91. The van der Waals surface area contributed by atoms with Crippen LogP contribution in [0, 0.1) is 0 Å². The van der Waals surface area contributed by atoms with E-state index in [4.69, 9.17) is 10.7 Å². The molecule has 0 unspecified atom stereocenters. The van der Waals surface area contributed by atoms with E-state index in [1.54, 1.807) is 24.7 Å². The average Bonchev–Trinajstić information content (AvgIpc) is 3.54. The minimum Gasteiger partial charge on any atom is -0.382 e. The maximum absolute atomic E-state index is 13.2. The second-order valence-corrected chi connectivity index (χ2v) is 13.5. The Kier molecular flexibility index (Phi) is 6.80. The highest BCUT2D eigenvalue weighted by Gasteiger charge is 2.44. The zero-order chi connectivity index (χ0) is 30.6. The number of nitrogens with one attached hydrogen (secondary N) is 1. The van der Waals surface area contributed by atoms with Crippen LogP contribution in [0.15, 0.2) is 78.1 Å². The minimum atomic E-state index is -3.73. The molecule has 2 aliphatic heterocycles. The van der Waals surface area contributed by atoms with E-state index in [0.29, 0.717) is 29.9 Å². The van der Waals surface area contributed by atoms with Gasteiger partial charge in [-0.15, -0.1) is 0 Å². The molecule has 0 radical (unpaired) electrons. The van der Waals surface area contributed by atoms with Gasteiger partial charge in [0.15, 0.2) is 21.3 Å². The van der Waals surface area contributed by atoms with Crippen molar-refractivity contribution in [3.63, 3.8) is 0 Å². The van der Waals surface area contributed by atoms with Crippen molar-refractivity contribution in [2.24, 2.45) is 0 Å². The third-order valence-corrected chi connectivity index (χ3v) is 9.80. The van der Waals surface area contributed by atoms with Gasteiger partial charge in [-0.2, -0.15) is 9.61 Å². The van der Waals surface area contributed by atoms with Crippen molar-refractivity contribution in [2.45, 2.75) is 55.5 Å². The predicted octanol–water partition coefficient (Wildman–Crippen LogP) is 4.71. The van der Waals surface area contributed by atoms with Gasteiger partial charge in [-0.05, 0) is 43.9 Å². The fourth-order valence-electron chi connectivity index (χ4n) is 6.85. The van der Waals surface area contributed by atoms with Crippen molar-refractivity contribution >= 4 is 38.7 Å². The van der Waals surface area contributed by atoms with Crippen LogP contribution in [-0.4, -0.2) is 57.2 Å². The maximum atomic E-state index is 13.2. The zero-order valence-electron chi connectivity index (χ0n) is 24.4. The number of hydrogen-bond acceptors (Lipinski definition) is 9. The molecule has 0 spiro atoms. The smallest absolute Gasteiger partial charge is 0.221 e. The van der Waals surface area contributed by atoms with Crippen LogP contribution in [0.1, 0.15) is 44.2 Å². The number of rotatable bonds is 6. The van der Waals surface area contributed by atoms with E-state index in [1.807, 2.05) is 48.5 Å². The first-order chi connectivity index (χ1) is 21.2. The number of benzene rings is 1. The number of nitrogens with zero attached hydrogens (tertiary/aromatic N) is 6. The number of amides is 1. The van der Waals surface area contributed by atoms with Crippen LogP contribution >= 0.6 is 0 Å². The molecular formula is C32H32N8O3S. The Bertz CT molecular complexity index is 1980. The Labute approximate surface area is 255 Å². The molecule has 2 aliphatic rings. The van der Waals surface area contributed by atoms with Gasteiger partial charge in [0.25, 0.3) is 0 Å². The second-order valence-electron chi connectivity index (χ2n) is 11.6. The van der Waals surface area contributed by atoms with E-state index in [1.165, 1.54) is 17.7 Å². The van der Waals surface area contributed by atoms with Crippen LogP contribution in [0.25, 0.3) is 28.0 Å². The first-order valence-electron chi connectivity index (χ1n) is 14.6. The summed E-state index contributed by atoms with van der Waals surface area (Å²) in [6.45, 7) is 1.48. The van der Waals surface area contributed by atoms with Crippen molar-refractivity contribution in [3.8, 4) is 22.4 Å². The van der Waals surface area contributed by atoms with Crippen molar-refractivity contribution in [3.05, 3.63) is 78.9 Å². The molecule has 44 heavy (non-hydrogen) atoms. The molecule has 224 valence electrons. The van der Waals surface area contributed by atoms with Crippen molar-refractivity contribution in [1.82, 2.24) is 24.6 Å². The number of fused-ring (bicyclic) bond motifs is 3. The number of carbonyl (C=O) groups excluding carboxylic acids is 1. The molecule has 1 aromatic carbocycles. The summed E-state index contributed by atoms with van der Waals surface area (Å²) in [6.07, 6.45) is 9.55. The summed E-state index contributed by atoms with van der Waals surface area (Å²) in [4.78, 5) is 28.5. The van der Waals surface area contributed by atoms with Gasteiger partial charge in [0.1, 0.15) is 10.7 Å². The summed E-state index contributed by atoms with van der Waals surface area (Å²) < 4.78 is 27.8. The van der Waals surface area contributed by atoms with Crippen molar-refractivity contribution in [1.29, 1.82) is 0 Å². The molecule has 2 bridgehead atoms. The Morgan fingerprint density at radius 2 is 1.70 bits per heavy atom. The molecule has 7 rings (SSSR count). The standard InChI is InChI=1S/C32H32N8O3S/c1-19(41)37-27-9-6-14-34-32(27)39-23-11-12-24(39)16-22(15-23)28-29(44(2,42)43)30(33)40-31(38-28)25(18-36-40)21-10-13-26(35-17-21)20-7-4-3-5-8-20/h3-10,13-14,17-18,22-24H,11-12,15-16,33H2,1-2H3,(H,37,41)/t22-,23-,24+. The summed E-state index contributed by atoms with van der Waals surface area (Å²) in [5, 5.41) is 7.35. The van der Waals surface area contributed by atoms with Gasteiger partial charge in [-0.25, -0.2) is 18.4 Å². The first kappa shape index (κ1) is 28.0. The van der Waals surface area contributed by atoms with Gasteiger partial charge in [0, 0.05) is 60.3 Å². The molecular weight excluding hydrogens is 576 g/mol. The highest BCUT2D eigenvalue weighted by molar-refractivity contribution is 7.91. The lowest BCUT2D eigenvalue weighted by Gasteiger charge is -2.40. The summed E-state index contributed by atoms with van der Waals surface area (Å²) in [5.74, 6) is 0.494. The van der Waals surface area contributed by atoms with Gasteiger partial charge in [0.2, 0.25) is 5.91 Å². The molecule has 2 saturated heterocycles. The maximum Gasteiger partial charge on any atom is 0.221 e. The van der Waals surface area contributed by atoms with Crippen LogP contribution < -0.4 is 16.0 Å². The molecule has 4 aromatic heterocycles. The van der Waals surface area contributed by atoms with Crippen molar-refractivity contribution in [2.75, 3.05) is 22.2 Å². The van der Waals surface area contributed by atoms with E-state index >= 15 is 0 Å². The lowest BCUT2D eigenvalue weighted by atomic mass is 9.87. The summed E-state index contributed by atoms with van der Waals surface area (Å²) >= 11 is 0. The molecule has 0 aliphatic carbocycles. The predicted molar refractivity (Wildman–Crippen MR) is 169 cm³/mol. The quantitative estimate of drug-likeness (QED) is 0.279. The number of anilines is 3. The highest BCUT2D eigenvalue weighted by atomic mass is 32.2. The lowest BCUT2D eigenvalue weighted by Crippen LogP contribution is -2.43. The number of piperidine rings is 1. The van der Waals surface area contributed by atoms with Gasteiger partial charge >= 0.3 is 0 Å². The number of nitrogen functional groups attached to an aromatic ring is 1. The molecule has 5 aromatic rings. The number of hydrogen-bond donors (Lipinski definition) is 2. The lowest BCUT2D eigenvalue weighted by molar-refractivity contribution is -0.114. The van der Waals surface area contributed by atoms with E-state index in [2.05, 4.69) is 25.3 Å². The van der Waals surface area contributed by atoms with Crippen LogP contribution in [0.3, 0.4) is 0 Å². The zero-order valence-corrected chi connectivity index (χ0v) is 25.2. The van der Waals surface area contributed by atoms with Gasteiger partial charge < -0.3 is 16.0 Å². The molecule has 12 heteroatoms. The van der Waals surface area contributed by atoms with E-state index in [0.717, 1.165) is 41.0 Å². The Hall–Kier alpha value is -4.84. The molecule has 3 atom stereocenters. The number of pyridine rings is 2. The topological polar surface area (TPSA) is 148 Å². The summed E-state index contributed by atoms with van der Waals surface area (Å²) in [7, 11) is -3.73. The summed E-state index contributed by atoms with van der Waals surface area (Å²) in [5.41, 5.74) is 11.6. The van der Waals surface area contributed by atoms with E-state index in [-0.39, 0.29) is 34.6 Å². The Morgan fingerprint density at radius 1 is 0.955 bits per heavy atom. The Morgan fingerprint density at radius 3 is 2.36 bits per heavy atom. The Balaban J connectivity index is 1.28. The minimum absolute atomic E-state index is 0.0341. The molecule has 0 saturated carbocycles. The number of sulfone groups is 1. The van der Waals surface area contributed by atoms with Crippen LogP contribution in [0.2, 0.25) is 0 Å². The average molecular weight is 609 g/mol. The third kappa shape index (κ3) is 4.84. The van der Waals surface area contributed by atoms with E-state index < -0.39 is 9.84 Å². The second kappa shape index (κ2) is 10.7. The van der Waals surface area contributed by atoms with Gasteiger partial charge in [-0.3, -0.25) is 9.78 Å². The first-order valence-corrected chi connectivity index (χ1v) is 16.5. The van der Waals surface area contributed by atoms with Gasteiger partial charge in [0.05, 0.1) is 23.3 Å². The molecule has 3 N–H and O–H groups in total. The van der Waals surface area contributed by atoms with Gasteiger partial charge in [-0.1, -0.05) is 36.4 Å². The van der Waals surface area contributed by atoms with Crippen LogP contribution in [0.5, 0.6) is 0 Å². The van der Waals surface area contributed by atoms with Crippen molar-refractivity contribution < 1.29 is 13.2 Å². The van der Waals surface area contributed by atoms with Crippen LogP contribution in [0.4, 0.5) is 17.3 Å². The molecule has 6 heterocycles. The number of nitrogens with two attached hydrogens (primary N) is 1. The highest BCUT2D eigenvalue weighted by Crippen LogP contribution is 2.47. The number of aromatic nitrogens is 5. The SMILES string of the molecule is CC(=O)Nc1cccnc1N1[C@@H]2CC[C@H]1C[C@H](c1nc3c(-c4ccc(-c5ccccc5)nc4)cnn3c(N)c1S(C)(=O)=O)C2. The van der Waals surface area contributed by atoms with Crippen LogP contribution in [-0.2, 0) is 14.6 Å². The fraction of sp³-hybridized carbons (Fsp3) is 0.281. The monoisotopic (exact) mass is 608 g/mol. The normalized spacial score (nSPS) is 19.8.